The van der Waals surface area contributed by atoms with Gasteiger partial charge in [-0.15, -0.1) is 0 Å². The standard InChI is InChI=1S/C12H19N9O/c13-3-1(4(14)7(17)9(19)6(3)16)2-5(15)8(18)10(20)11(21)12(2)22/h22H,13-21H2. The molecule has 2 rings (SSSR count). The van der Waals surface area contributed by atoms with Gasteiger partial charge in [-0.05, 0) is 0 Å². The van der Waals surface area contributed by atoms with Crippen molar-refractivity contribution < 1.29 is 5.11 Å². The van der Waals surface area contributed by atoms with E-state index in [0.29, 0.717) is 0 Å². The summed E-state index contributed by atoms with van der Waals surface area (Å²) in [5.41, 5.74) is 52.2. The number of aromatic hydroxyl groups is 1. The Kier molecular flexibility index (Phi) is 3.02. The maximum absolute atomic E-state index is 10.3. The van der Waals surface area contributed by atoms with E-state index in [2.05, 4.69) is 0 Å². The van der Waals surface area contributed by atoms with Crippen LogP contribution in [-0.2, 0) is 0 Å². The third-order valence-electron chi connectivity index (χ3n) is 3.58. The number of hydrogen-bond donors (Lipinski definition) is 10. The van der Waals surface area contributed by atoms with E-state index >= 15 is 0 Å². The summed E-state index contributed by atoms with van der Waals surface area (Å²) < 4.78 is 0. The van der Waals surface area contributed by atoms with Crippen LogP contribution in [0.15, 0.2) is 0 Å². The molecule has 0 saturated carbocycles. The van der Waals surface area contributed by atoms with Crippen LogP contribution in [0.5, 0.6) is 5.75 Å². The van der Waals surface area contributed by atoms with Crippen molar-refractivity contribution in [2.45, 2.75) is 0 Å². The molecule has 0 aliphatic rings. The highest BCUT2D eigenvalue weighted by Crippen LogP contribution is 2.53. The van der Waals surface area contributed by atoms with Crippen molar-refractivity contribution in [2.24, 2.45) is 0 Å². The molecule has 0 aliphatic carbocycles. The molecule has 0 bridgehead atoms. The Morgan fingerprint density at radius 2 is 0.636 bits per heavy atom. The van der Waals surface area contributed by atoms with Gasteiger partial charge < -0.3 is 56.7 Å². The number of anilines is 9. The highest BCUT2D eigenvalue weighted by atomic mass is 16.3. The quantitative estimate of drug-likeness (QED) is 0.180. The van der Waals surface area contributed by atoms with Gasteiger partial charge in [0.25, 0.3) is 0 Å². The fraction of sp³-hybridized carbons (Fsp3) is 0. The van der Waals surface area contributed by atoms with Gasteiger partial charge in [-0.25, -0.2) is 0 Å². The largest absolute Gasteiger partial charge is 0.505 e. The number of benzene rings is 2. The van der Waals surface area contributed by atoms with Gasteiger partial charge in [0.2, 0.25) is 0 Å². The summed E-state index contributed by atoms with van der Waals surface area (Å²) in [6.07, 6.45) is 0. The summed E-state index contributed by atoms with van der Waals surface area (Å²) in [5, 5.41) is 10.3. The van der Waals surface area contributed by atoms with Crippen LogP contribution in [0.2, 0.25) is 0 Å². The molecule has 0 radical (unpaired) electrons. The summed E-state index contributed by atoms with van der Waals surface area (Å²) >= 11 is 0. The first-order valence-corrected chi connectivity index (χ1v) is 6.07. The fourth-order valence-corrected chi connectivity index (χ4v) is 2.19. The van der Waals surface area contributed by atoms with E-state index in [-0.39, 0.29) is 62.3 Å². The van der Waals surface area contributed by atoms with E-state index in [4.69, 9.17) is 51.6 Å². The van der Waals surface area contributed by atoms with Crippen molar-refractivity contribution in [3.05, 3.63) is 0 Å². The minimum Gasteiger partial charge on any atom is -0.505 e. The molecule has 10 heteroatoms. The van der Waals surface area contributed by atoms with Crippen LogP contribution in [-0.4, -0.2) is 5.11 Å². The first-order valence-electron chi connectivity index (χ1n) is 6.07. The predicted molar refractivity (Wildman–Crippen MR) is 93.3 cm³/mol. The minimum absolute atomic E-state index is 0.00222. The number of phenols is 1. The van der Waals surface area contributed by atoms with Gasteiger partial charge in [-0.3, -0.25) is 0 Å². The van der Waals surface area contributed by atoms with Gasteiger partial charge >= 0.3 is 0 Å². The molecule has 0 atom stereocenters. The Morgan fingerprint density at radius 1 is 0.364 bits per heavy atom. The van der Waals surface area contributed by atoms with Gasteiger partial charge in [-0.2, -0.15) is 0 Å². The highest BCUT2D eigenvalue weighted by molar-refractivity contribution is 6.12. The molecular weight excluding hydrogens is 286 g/mol. The Balaban J connectivity index is 3.03. The first-order chi connectivity index (χ1) is 10.1. The van der Waals surface area contributed by atoms with Crippen molar-refractivity contribution in [1.29, 1.82) is 0 Å². The lowest BCUT2D eigenvalue weighted by atomic mass is 9.94. The van der Waals surface area contributed by atoms with E-state index in [1.807, 2.05) is 0 Å². The normalized spacial score (nSPS) is 10.7. The highest BCUT2D eigenvalue weighted by Gasteiger charge is 2.25. The third kappa shape index (κ3) is 1.67. The van der Waals surface area contributed by atoms with Crippen molar-refractivity contribution in [2.75, 3.05) is 51.6 Å². The van der Waals surface area contributed by atoms with Crippen molar-refractivity contribution in [3.8, 4) is 16.9 Å². The second-order valence-corrected chi connectivity index (χ2v) is 4.82. The fourth-order valence-electron chi connectivity index (χ4n) is 2.19. The molecule has 2 aromatic carbocycles. The zero-order chi connectivity index (χ0) is 16.9. The zero-order valence-electron chi connectivity index (χ0n) is 11.6. The number of phenolic OH excluding ortho intramolecular Hbond substituents is 1. The zero-order valence-corrected chi connectivity index (χ0v) is 11.6. The second kappa shape index (κ2) is 4.48. The van der Waals surface area contributed by atoms with E-state index in [1.54, 1.807) is 0 Å². The second-order valence-electron chi connectivity index (χ2n) is 4.82. The molecule has 10 nitrogen and oxygen atoms in total. The molecule has 0 spiro atoms. The molecule has 118 valence electrons. The minimum atomic E-state index is -0.425. The van der Waals surface area contributed by atoms with Crippen LogP contribution in [0.1, 0.15) is 0 Å². The molecule has 0 amide bonds. The van der Waals surface area contributed by atoms with Crippen LogP contribution in [0, 0.1) is 0 Å². The van der Waals surface area contributed by atoms with Crippen LogP contribution in [0.25, 0.3) is 11.1 Å². The summed E-state index contributed by atoms with van der Waals surface area (Å²) in [4.78, 5) is 0. The molecule has 0 heterocycles. The van der Waals surface area contributed by atoms with Crippen LogP contribution < -0.4 is 51.6 Å². The van der Waals surface area contributed by atoms with Crippen LogP contribution in [0.4, 0.5) is 51.2 Å². The van der Waals surface area contributed by atoms with Gasteiger partial charge in [0.05, 0.1) is 51.1 Å². The maximum Gasteiger partial charge on any atom is 0.150 e. The lowest BCUT2D eigenvalue weighted by Gasteiger charge is -2.21. The van der Waals surface area contributed by atoms with Crippen molar-refractivity contribution in [1.82, 2.24) is 0 Å². The molecular formula is C12H19N9O. The van der Waals surface area contributed by atoms with Crippen LogP contribution in [0.3, 0.4) is 0 Å². The summed E-state index contributed by atoms with van der Waals surface area (Å²) in [6, 6.07) is 0. The van der Waals surface area contributed by atoms with Crippen LogP contribution >= 0.6 is 0 Å². The molecule has 0 aromatic heterocycles. The van der Waals surface area contributed by atoms with Gasteiger partial charge in [-0.1, -0.05) is 0 Å². The van der Waals surface area contributed by atoms with E-state index in [0.717, 1.165) is 0 Å². The first kappa shape index (κ1) is 14.8. The SMILES string of the molecule is Nc1c(N)c(N)c(-c2c(N)c(N)c(N)c(N)c2O)c(N)c1N. The maximum atomic E-state index is 10.3. The van der Waals surface area contributed by atoms with Crippen molar-refractivity contribution >= 4 is 51.2 Å². The Morgan fingerprint density at radius 3 is 1.05 bits per heavy atom. The monoisotopic (exact) mass is 305 g/mol. The lowest BCUT2D eigenvalue weighted by molar-refractivity contribution is 0.480. The summed E-state index contributed by atoms with van der Waals surface area (Å²) in [5.74, 6) is -0.425. The number of rotatable bonds is 1. The molecule has 0 unspecified atom stereocenters. The Labute approximate surface area is 125 Å². The Bertz CT molecular complexity index is 675. The Hall–Kier alpha value is -3.56. The lowest BCUT2D eigenvalue weighted by Crippen LogP contribution is -2.11. The molecule has 0 fully saturated rings. The van der Waals surface area contributed by atoms with Gasteiger partial charge in [0, 0.05) is 5.56 Å². The number of nitrogen functional groups attached to an aromatic ring is 9. The van der Waals surface area contributed by atoms with E-state index in [1.165, 1.54) is 0 Å². The average Bonchev–Trinajstić information content (AvgIpc) is 2.50. The summed E-state index contributed by atoms with van der Waals surface area (Å²) in [7, 11) is 0. The topological polar surface area (TPSA) is 254 Å². The number of hydrogen-bond acceptors (Lipinski definition) is 10. The molecule has 19 N–H and O–H groups in total. The molecule has 0 saturated heterocycles. The predicted octanol–water partition coefficient (Wildman–Crippen LogP) is -0.701. The number of nitrogens with two attached hydrogens (primary N) is 9. The van der Waals surface area contributed by atoms with Gasteiger partial charge in [0.15, 0.2) is 5.75 Å². The van der Waals surface area contributed by atoms with Gasteiger partial charge in [0.1, 0.15) is 5.69 Å². The molecule has 2 aromatic rings. The smallest absolute Gasteiger partial charge is 0.150 e. The molecule has 22 heavy (non-hydrogen) atoms. The van der Waals surface area contributed by atoms with E-state index in [9.17, 15) is 5.11 Å². The molecule has 0 aliphatic heterocycles. The third-order valence-corrected chi connectivity index (χ3v) is 3.58. The van der Waals surface area contributed by atoms with E-state index < -0.39 is 5.75 Å². The average molecular weight is 305 g/mol. The van der Waals surface area contributed by atoms with Crippen molar-refractivity contribution in [3.63, 3.8) is 0 Å². The summed E-state index contributed by atoms with van der Waals surface area (Å²) in [6.45, 7) is 0.